The van der Waals surface area contributed by atoms with Crippen LogP contribution in [0.2, 0.25) is 0 Å². The van der Waals surface area contributed by atoms with Crippen molar-refractivity contribution in [2.45, 2.75) is 57.7 Å². The third-order valence-electron chi connectivity index (χ3n) is 6.47. The van der Waals surface area contributed by atoms with Crippen LogP contribution in [0.1, 0.15) is 55.2 Å². The van der Waals surface area contributed by atoms with Gasteiger partial charge in [0.15, 0.2) is 5.69 Å². The smallest absolute Gasteiger partial charge is 0.278 e. The molecule has 3 fully saturated rings. The van der Waals surface area contributed by atoms with Gasteiger partial charge < -0.3 is 15.0 Å². The van der Waals surface area contributed by atoms with Crippen LogP contribution in [0.15, 0.2) is 16.8 Å². The van der Waals surface area contributed by atoms with Crippen molar-refractivity contribution < 1.29 is 19.0 Å². The summed E-state index contributed by atoms with van der Waals surface area (Å²) in [7, 11) is 0. The first-order valence-corrected chi connectivity index (χ1v) is 10.2. The molecule has 1 aromatic rings. The van der Waals surface area contributed by atoms with Crippen molar-refractivity contribution in [2.75, 3.05) is 19.6 Å². The lowest BCUT2D eigenvalue weighted by atomic mass is 9.73. The average Bonchev–Trinajstić information content (AvgIpc) is 3.43. The minimum absolute atomic E-state index is 0.0940. The number of allylic oxidation sites excluding steroid dienone is 2. The Bertz CT molecular complexity index is 776. The molecule has 3 aliphatic rings. The van der Waals surface area contributed by atoms with E-state index in [-0.39, 0.29) is 41.0 Å². The molecule has 8 nitrogen and oxygen atoms in total. The maximum atomic E-state index is 12.8. The summed E-state index contributed by atoms with van der Waals surface area (Å²) < 4.78 is 11.0. The lowest BCUT2D eigenvalue weighted by Crippen LogP contribution is -2.41. The van der Waals surface area contributed by atoms with Crippen molar-refractivity contribution >= 4 is 11.8 Å². The molecule has 2 bridgehead atoms. The molecule has 1 spiro atoms. The molecule has 0 aliphatic carbocycles. The SMILES string of the molecule is CC=CCCCC(=O)NC[C@H]1[C@H]2CN(C(=O)c3nonc3C)C[C@]23CC[C@H]1O3. The largest absolute Gasteiger partial charge is 0.369 e. The van der Waals surface area contributed by atoms with E-state index in [1.165, 1.54) is 0 Å². The summed E-state index contributed by atoms with van der Waals surface area (Å²) >= 11 is 0. The van der Waals surface area contributed by atoms with Crippen molar-refractivity contribution in [3.05, 3.63) is 23.5 Å². The molecule has 152 valence electrons. The Morgan fingerprint density at radius 2 is 2.25 bits per heavy atom. The fraction of sp³-hybridized carbons (Fsp3) is 0.700. The highest BCUT2D eigenvalue weighted by Crippen LogP contribution is 2.54. The van der Waals surface area contributed by atoms with Crippen LogP contribution in [0.5, 0.6) is 0 Å². The second-order valence-electron chi connectivity index (χ2n) is 8.18. The van der Waals surface area contributed by atoms with E-state index in [9.17, 15) is 9.59 Å². The van der Waals surface area contributed by atoms with Crippen molar-refractivity contribution in [1.29, 1.82) is 0 Å². The van der Waals surface area contributed by atoms with Crippen LogP contribution in [-0.2, 0) is 9.53 Å². The monoisotopic (exact) mass is 388 g/mol. The molecule has 0 unspecified atom stereocenters. The van der Waals surface area contributed by atoms with Crippen LogP contribution in [0.25, 0.3) is 0 Å². The Hall–Kier alpha value is -2.22. The van der Waals surface area contributed by atoms with E-state index in [2.05, 4.69) is 26.3 Å². The number of likely N-dealkylation sites (tertiary alicyclic amines) is 1. The number of carbonyl (C=O) groups is 2. The van der Waals surface area contributed by atoms with Gasteiger partial charge in [-0.25, -0.2) is 4.63 Å². The second kappa shape index (κ2) is 7.66. The summed E-state index contributed by atoms with van der Waals surface area (Å²) in [5, 5.41) is 10.6. The number of fused-ring (bicyclic) bond motifs is 1. The van der Waals surface area contributed by atoms with Gasteiger partial charge in [-0.3, -0.25) is 9.59 Å². The van der Waals surface area contributed by atoms with Gasteiger partial charge in [0.2, 0.25) is 5.91 Å². The Kier molecular flexibility index (Phi) is 5.23. The molecule has 0 radical (unpaired) electrons. The van der Waals surface area contributed by atoms with Crippen molar-refractivity contribution in [3.63, 3.8) is 0 Å². The number of nitrogens with zero attached hydrogens (tertiary/aromatic N) is 3. The zero-order chi connectivity index (χ0) is 19.7. The van der Waals surface area contributed by atoms with Crippen LogP contribution < -0.4 is 5.32 Å². The molecule has 4 atom stereocenters. The predicted octanol–water partition coefficient (Wildman–Crippen LogP) is 1.86. The number of amides is 2. The first kappa shape index (κ1) is 19.1. The predicted molar refractivity (Wildman–Crippen MR) is 100 cm³/mol. The number of nitrogens with one attached hydrogen (secondary N) is 1. The number of rotatable bonds is 7. The number of hydrogen-bond donors (Lipinski definition) is 1. The summed E-state index contributed by atoms with van der Waals surface area (Å²) in [6.45, 7) is 5.53. The van der Waals surface area contributed by atoms with Gasteiger partial charge in [0.1, 0.15) is 5.69 Å². The van der Waals surface area contributed by atoms with E-state index >= 15 is 0 Å². The zero-order valence-corrected chi connectivity index (χ0v) is 16.5. The molecule has 4 heterocycles. The van der Waals surface area contributed by atoms with Gasteiger partial charge >= 0.3 is 0 Å². The fourth-order valence-corrected chi connectivity index (χ4v) is 5.06. The third-order valence-corrected chi connectivity index (χ3v) is 6.47. The quantitative estimate of drug-likeness (QED) is 0.566. The van der Waals surface area contributed by atoms with Crippen LogP contribution >= 0.6 is 0 Å². The Morgan fingerprint density at radius 1 is 1.39 bits per heavy atom. The zero-order valence-electron chi connectivity index (χ0n) is 16.5. The molecule has 0 aromatic carbocycles. The van der Waals surface area contributed by atoms with Gasteiger partial charge in [-0.2, -0.15) is 0 Å². The number of hydrogen-bond acceptors (Lipinski definition) is 6. The number of aryl methyl sites for hydroxylation is 1. The highest BCUT2D eigenvalue weighted by Gasteiger charge is 2.63. The van der Waals surface area contributed by atoms with Gasteiger partial charge in [-0.05, 0) is 44.7 Å². The van der Waals surface area contributed by atoms with E-state index in [0.717, 1.165) is 25.7 Å². The fourth-order valence-electron chi connectivity index (χ4n) is 5.06. The molecular weight excluding hydrogens is 360 g/mol. The van der Waals surface area contributed by atoms with Crippen LogP contribution in [-0.4, -0.2) is 58.4 Å². The normalized spacial score (nSPS) is 30.9. The average molecular weight is 388 g/mol. The molecule has 1 N–H and O–H groups in total. The van der Waals surface area contributed by atoms with Crippen LogP contribution in [0.4, 0.5) is 0 Å². The molecule has 28 heavy (non-hydrogen) atoms. The van der Waals surface area contributed by atoms with Gasteiger partial charge in [-0.1, -0.05) is 17.3 Å². The Balaban J connectivity index is 1.36. The summed E-state index contributed by atoms with van der Waals surface area (Å²) in [6.07, 6.45) is 8.56. The van der Waals surface area contributed by atoms with E-state index in [4.69, 9.17) is 4.74 Å². The Labute approximate surface area is 164 Å². The topological polar surface area (TPSA) is 97.6 Å². The first-order valence-electron chi connectivity index (χ1n) is 10.2. The summed E-state index contributed by atoms with van der Waals surface area (Å²) in [5.41, 5.74) is 0.510. The molecule has 0 saturated carbocycles. The molecule has 3 aliphatic heterocycles. The molecule has 1 aromatic heterocycles. The molecule has 3 saturated heterocycles. The van der Waals surface area contributed by atoms with Gasteiger partial charge in [0.05, 0.1) is 18.2 Å². The Morgan fingerprint density at radius 3 is 3.00 bits per heavy atom. The minimum atomic E-state index is -0.271. The molecule has 2 amide bonds. The lowest BCUT2D eigenvalue weighted by molar-refractivity contribution is -0.121. The minimum Gasteiger partial charge on any atom is -0.369 e. The molecular formula is C20H28N4O4. The maximum absolute atomic E-state index is 12.8. The van der Waals surface area contributed by atoms with Crippen LogP contribution in [0, 0.1) is 18.8 Å². The van der Waals surface area contributed by atoms with E-state index < -0.39 is 0 Å². The lowest BCUT2D eigenvalue weighted by Gasteiger charge is -2.29. The van der Waals surface area contributed by atoms with Crippen molar-refractivity contribution in [1.82, 2.24) is 20.5 Å². The highest BCUT2D eigenvalue weighted by molar-refractivity contribution is 5.93. The molecule has 4 rings (SSSR count). The van der Waals surface area contributed by atoms with Crippen molar-refractivity contribution in [2.24, 2.45) is 11.8 Å². The van der Waals surface area contributed by atoms with Gasteiger partial charge in [0.25, 0.3) is 5.91 Å². The van der Waals surface area contributed by atoms with E-state index in [1.807, 2.05) is 17.9 Å². The van der Waals surface area contributed by atoms with E-state index in [0.29, 0.717) is 31.7 Å². The van der Waals surface area contributed by atoms with Gasteiger partial charge in [-0.15, -0.1) is 0 Å². The number of carbonyl (C=O) groups excluding carboxylic acids is 2. The van der Waals surface area contributed by atoms with E-state index in [1.54, 1.807) is 6.92 Å². The number of aromatic nitrogens is 2. The summed E-state index contributed by atoms with van der Waals surface area (Å²) in [6, 6.07) is 0. The molecule has 8 heteroatoms. The number of ether oxygens (including phenoxy) is 1. The maximum Gasteiger partial charge on any atom is 0.278 e. The first-order chi connectivity index (χ1) is 13.5. The van der Waals surface area contributed by atoms with Gasteiger partial charge in [0, 0.05) is 31.3 Å². The highest BCUT2D eigenvalue weighted by atomic mass is 16.6. The van der Waals surface area contributed by atoms with Crippen LogP contribution in [0.3, 0.4) is 0 Å². The van der Waals surface area contributed by atoms with Crippen molar-refractivity contribution in [3.8, 4) is 0 Å². The second-order valence-corrected chi connectivity index (χ2v) is 8.18. The standard InChI is InChI=1S/C20H28N4O4/c1-3-4-5-6-7-17(25)21-10-14-15-11-24(12-20(15)9-8-16(14)27-20)19(26)18-13(2)22-28-23-18/h3-4,14-16H,5-12H2,1-2H3,(H,21,25)/t14-,15+,16+,20+/m0/s1. The third kappa shape index (κ3) is 3.34. The summed E-state index contributed by atoms with van der Waals surface area (Å²) in [5.74, 6) is 0.444. The number of unbranched alkanes of at least 4 members (excludes halogenated alkanes) is 1. The summed E-state index contributed by atoms with van der Waals surface area (Å²) in [4.78, 5) is 26.8.